The fourth-order valence-electron chi connectivity index (χ4n) is 3.10. The number of rotatable bonds is 12. The minimum absolute atomic E-state index is 0.00216. The van der Waals surface area contributed by atoms with Gasteiger partial charge in [-0.2, -0.15) is 0 Å². The second-order valence-corrected chi connectivity index (χ2v) is 9.33. The van der Waals surface area contributed by atoms with Crippen LogP contribution in [0.15, 0.2) is 18.2 Å². The lowest BCUT2D eigenvalue weighted by molar-refractivity contribution is -0.158. The third-order valence-electron chi connectivity index (χ3n) is 4.98. The molecule has 2 unspecified atom stereocenters. The van der Waals surface area contributed by atoms with Gasteiger partial charge in [-0.15, -0.1) is 0 Å². The Morgan fingerprint density at radius 1 is 0.971 bits per heavy atom. The number of benzene rings is 1. The Balaban J connectivity index is 3.33. The standard InChI is InChI=1S/C25H37NO8/c1-7-9-20(27)33-18-12-11-16(14-19(18)34-21(28)10-8-2)17(22(26)23(29)30)13-15(3)32-24(31)25(4,5)6/h11-12,14-15,17,22H,7-10,13,26H2,1-6H3,(H,29,30)/t15?,17?,22-/m0/s1. The van der Waals surface area contributed by atoms with Crippen LogP contribution in [0.1, 0.15) is 85.1 Å². The van der Waals surface area contributed by atoms with Crippen molar-refractivity contribution in [2.45, 2.75) is 91.7 Å². The first-order valence-electron chi connectivity index (χ1n) is 11.5. The molecule has 0 radical (unpaired) electrons. The average molecular weight is 480 g/mol. The Morgan fingerprint density at radius 3 is 1.97 bits per heavy atom. The highest BCUT2D eigenvalue weighted by Gasteiger charge is 2.32. The van der Waals surface area contributed by atoms with E-state index in [-0.39, 0.29) is 30.8 Å². The van der Waals surface area contributed by atoms with Crippen molar-refractivity contribution in [1.82, 2.24) is 0 Å². The van der Waals surface area contributed by atoms with Crippen LogP contribution in [-0.4, -0.2) is 41.1 Å². The van der Waals surface area contributed by atoms with Crippen molar-refractivity contribution in [2.24, 2.45) is 11.1 Å². The molecule has 0 heterocycles. The molecule has 9 heteroatoms. The normalized spacial score (nSPS) is 14.0. The lowest BCUT2D eigenvalue weighted by Gasteiger charge is -2.27. The van der Waals surface area contributed by atoms with Gasteiger partial charge in [-0.25, -0.2) is 0 Å². The van der Waals surface area contributed by atoms with Crippen LogP contribution in [0, 0.1) is 5.41 Å². The number of carboxylic acids is 1. The van der Waals surface area contributed by atoms with Crippen LogP contribution >= 0.6 is 0 Å². The van der Waals surface area contributed by atoms with E-state index >= 15 is 0 Å². The van der Waals surface area contributed by atoms with E-state index in [0.29, 0.717) is 18.4 Å². The Bertz CT molecular complexity index is 874. The highest BCUT2D eigenvalue weighted by molar-refractivity contribution is 5.77. The van der Waals surface area contributed by atoms with E-state index in [1.54, 1.807) is 33.8 Å². The second-order valence-electron chi connectivity index (χ2n) is 9.33. The van der Waals surface area contributed by atoms with Crippen molar-refractivity contribution in [3.05, 3.63) is 23.8 Å². The lowest BCUT2D eigenvalue weighted by Crippen LogP contribution is -2.39. The van der Waals surface area contributed by atoms with Gasteiger partial charge in [0.2, 0.25) is 0 Å². The van der Waals surface area contributed by atoms with Gasteiger partial charge >= 0.3 is 23.9 Å². The maximum Gasteiger partial charge on any atom is 0.321 e. The molecule has 0 aliphatic rings. The van der Waals surface area contributed by atoms with Crippen molar-refractivity contribution >= 4 is 23.9 Å². The quantitative estimate of drug-likeness (QED) is 0.336. The van der Waals surface area contributed by atoms with Gasteiger partial charge in [-0.05, 0) is 64.7 Å². The van der Waals surface area contributed by atoms with Crippen LogP contribution in [-0.2, 0) is 23.9 Å². The molecule has 1 aromatic rings. The zero-order valence-electron chi connectivity index (χ0n) is 20.9. The summed E-state index contributed by atoms with van der Waals surface area (Å²) in [6, 6.07) is 3.15. The van der Waals surface area contributed by atoms with Crippen LogP contribution in [0.3, 0.4) is 0 Å². The predicted molar refractivity (Wildman–Crippen MR) is 126 cm³/mol. The van der Waals surface area contributed by atoms with Gasteiger partial charge in [-0.1, -0.05) is 19.9 Å². The van der Waals surface area contributed by atoms with Crippen LogP contribution < -0.4 is 15.2 Å². The minimum Gasteiger partial charge on any atom is -0.480 e. The summed E-state index contributed by atoms with van der Waals surface area (Å²) in [4.78, 5) is 48.1. The van der Waals surface area contributed by atoms with Crippen molar-refractivity contribution < 1.29 is 38.5 Å². The van der Waals surface area contributed by atoms with Crippen molar-refractivity contribution in [3.8, 4) is 11.5 Å². The maximum absolute atomic E-state index is 12.3. The Morgan fingerprint density at radius 2 is 1.50 bits per heavy atom. The van der Waals surface area contributed by atoms with E-state index < -0.39 is 47.4 Å². The molecule has 0 saturated carbocycles. The van der Waals surface area contributed by atoms with Crippen molar-refractivity contribution in [1.29, 1.82) is 0 Å². The molecule has 1 rings (SSSR count). The molecule has 190 valence electrons. The number of hydrogen-bond donors (Lipinski definition) is 2. The summed E-state index contributed by atoms with van der Waals surface area (Å²) < 4.78 is 16.3. The van der Waals surface area contributed by atoms with E-state index in [4.69, 9.17) is 19.9 Å². The summed E-state index contributed by atoms with van der Waals surface area (Å²) in [6.45, 7) is 10.5. The number of nitrogens with two attached hydrogens (primary N) is 1. The number of aliphatic carboxylic acids is 1. The lowest BCUT2D eigenvalue weighted by atomic mass is 9.86. The number of esters is 3. The summed E-state index contributed by atoms with van der Waals surface area (Å²) in [5.41, 5.74) is 5.71. The van der Waals surface area contributed by atoms with E-state index in [2.05, 4.69) is 0 Å². The van der Waals surface area contributed by atoms with Gasteiger partial charge in [0, 0.05) is 18.8 Å². The molecule has 0 aliphatic carbocycles. The monoisotopic (exact) mass is 479 g/mol. The zero-order valence-corrected chi connectivity index (χ0v) is 20.9. The molecule has 1 aromatic carbocycles. The first-order chi connectivity index (χ1) is 15.8. The molecule has 34 heavy (non-hydrogen) atoms. The summed E-state index contributed by atoms with van der Waals surface area (Å²) in [7, 11) is 0. The van der Waals surface area contributed by atoms with Crippen LogP contribution in [0.25, 0.3) is 0 Å². The number of carboxylic acid groups (broad SMARTS) is 1. The Labute approximate surface area is 200 Å². The molecule has 0 spiro atoms. The van der Waals surface area contributed by atoms with Crippen LogP contribution in [0.5, 0.6) is 11.5 Å². The first-order valence-corrected chi connectivity index (χ1v) is 11.5. The van der Waals surface area contributed by atoms with Gasteiger partial charge in [0.05, 0.1) is 11.5 Å². The SMILES string of the molecule is CCCC(=O)Oc1ccc(C(CC(C)OC(=O)C(C)(C)C)[C@H](N)C(=O)O)cc1OC(=O)CCC. The molecule has 0 bridgehead atoms. The number of carbonyl (C=O) groups excluding carboxylic acids is 3. The number of carbonyl (C=O) groups is 4. The summed E-state index contributed by atoms with van der Waals surface area (Å²) in [5.74, 6) is -3.37. The summed E-state index contributed by atoms with van der Waals surface area (Å²) in [6.07, 6.45) is 0.981. The second kappa shape index (κ2) is 13.1. The molecular formula is C25H37NO8. The highest BCUT2D eigenvalue weighted by Crippen LogP contribution is 2.35. The topological polar surface area (TPSA) is 142 Å². The van der Waals surface area contributed by atoms with Crippen LogP contribution in [0.4, 0.5) is 0 Å². The fraction of sp³-hybridized carbons (Fsp3) is 0.600. The minimum atomic E-state index is -1.32. The maximum atomic E-state index is 12.3. The zero-order chi connectivity index (χ0) is 26.1. The molecule has 3 N–H and O–H groups in total. The van der Waals surface area contributed by atoms with Crippen molar-refractivity contribution in [2.75, 3.05) is 0 Å². The van der Waals surface area contributed by atoms with Gasteiger partial charge in [0.15, 0.2) is 11.5 Å². The van der Waals surface area contributed by atoms with E-state index in [0.717, 1.165) is 0 Å². The highest BCUT2D eigenvalue weighted by atomic mass is 16.6. The van der Waals surface area contributed by atoms with E-state index in [1.165, 1.54) is 12.1 Å². The third-order valence-corrected chi connectivity index (χ3v) is 4.98. The Kier molecular flexibility index (Phi) is 11.2. The smallest absolute Gasteiger partial charge is 0.321 e. The van der Waals surface area contributed by atoms with E-state index in [9.17, 15) is 24.3 Å². The molecule has 0 amide bonds. The molecule has 0 aliphatic heterocycles. The van der Waals surface area contributed by atoms with Gasteiger partial charge < -0.3 is 25.1 Å². The van der Waals surface area contributed by atoms with Gasteiger partial charge in [-0.3, -0.25) is 19.2 Å². The summed E-state index contributed by atoms with van der Waals surface area (Å²) >= 11 is 0. The average Bonchev–Trinajstić information content (AvgIpc) is 2.72. The molecule has 9 nitrogen and oxygen atoms in total. The third kappa shape index (κ3) is 9.13. The summed E-state index contributed by atoms with van der Waals surface area (Å²) in [5, 5.41) is 9.57. The van der Waals surface area contributed by atoms with Crippen molar-refractivity contribution in [3.63, 3.8) is 0 Å². The van der Waals surface area contributed by atoms with E-state index in [1.807, 2.05) is 13.8 Å². The van der Waals surface area contributed by atoms with Gasteiger partial charge in [0.25, 0.3) is 0 Å². The van der Waals surface area contributed by atoms with Crippen LogP contribution in [0.2, 0.25) is 0 Å². The molecule has 0 saturated heterocycles. The Hall–Kier alpha value is -2.94. The van der Waals surface area contributed by atoms with Gasteiger partial charge in [0.1, 0.15) is 6.04 Å². The molecule has 0 fully saturated rings. The fourth-order valence-corrected chi connectivity index (χ4v) is 3.10. The first kappa shape index (κ1) is 29.1. The number of hydrogen-bond acceptors (Lipinski definition) is 8. The largest absolute Gasteiger partial charge is 0.480 e. The molecular weight excluding hydrogens is 442 g/mol. The predicted octanol–water partition coefficient (Wildman–Crippen LogP) is 3.96. The molecule has 3 atom stereocenters. The number of ether oxygens (including phenoxy) is 3. The molecule has 0 aromatic heterocycles.